The van der Waals surface area contributed by atoms with Gasteiger partial charge in [-0.3, -0.25) is 0 Å². The molecule has 0 amide bonds. The van der Waals surface area contributed by atoms with E-state index < -0.39 is 0 Å². The van der Waals surface area contributed by atoms with E-state index in [1.165, 1.54) is 0 Å². The molecule has 0 aliphatic rings. The fourth-order valence-corrected chi connectivity index (χ4v) is 1.65. The van der Waals surface area contributed by atoms with Crippen molar-refractivity contribution in [2.45, 2.75) is 26.3 Å². The second kappa shape index (κ2) is 7.29. The Kier molecular flexibility index (Phi) is 6.02. The van der Waals surface area contributed by atoms with Crippen molar-refractivity contribution in [2.75, 3.05) is 13.2 Å². The largest absolute Gasteiger partial charge is 0.490 e. The summed E-state index contributed by atoms with van der Waals surface area (Å²) in [6.07, 6.45) is 0.808. The Morgan fingerprint density at radius 2 is 2.11 bits per heavy atom. The number of halogens is 1. The number of ether oxygens (including phenoxy) is 2. The number of rotatable bonds is 7. The molecule has 0 aliphatic carbocycles. The zero-order valence-corrected chi connectivity index (χ0v) is 11.7. The summed E-state index contributed by atoms with van der Waals surface area (Å²) in [5.74, 6) is 1.39. The van der Waals surface area contributed by atoms with E-state index in [0.717, 1.165) is 12.0 Å². The summed E-state index contributed by atoms with van der Waals surface area (Å²) in [6.45, 7) is 8.35. The Morgan fingerprint density at radius 3 is 2.67 bits per heavy atom. The maximum Gasteiger partial charge on any atom is 0.161 e. The first-order chi connectivity index (χ1) is 8.52. The van der Waals surface area contributed by atoms with Gasteiger partial charge in [-0.25, -0.2) is 0 Å². The quantitative estimate of drug-likeness (QED) is 0.827. The van der Waals surface area contributed by atoms with Crippen LogP contribution in [0, 0.1) is 0 Å². The number of hydrogen-bond donors (Lipinski definition) is 1. The Hall–Kier alpha value is -1.19. The van der Waals surface area contributed by atoms with E-state index in [0.29, 0.717) is 23.1 Å². The van der Waals surface area contributed by atoms with Gasteiger partial charge >= 0.3 is 0 Å². The zero-order chi connectivity index (χ0) is 13.5. The maximum absolute atomic E-state index is 5.78. The summed E-state index contributed by atoms with van der Waals surface area (Å²) in [4.78, 5) is 0. The average Bonchev–Trinajstić information content (AvgIpc) is 2.27. The topological polar surface area (TPSA) is 44.5 Å². The van der Waals surface area contributed by atoms with E-state index in [2.05, 4.69) is 6.58 Å². The molecule has 1 aromatic rings. The highest BCUT2D eigenvalue weighted by Gasteiger charge is 2.08. The highest BCUT2D eigenvalue weighted by Crippen LogP contribution is 2.29. The van der Waals surface area contributed by atoms with E-state index in [1.54, 1.807) is 0 Å². The van der Waals surface area contributed by atoms with Gasteiger partial charge in [0.1, 0.15) is 6.61 Å². The Balaban J connectivity index is 2.85. The summed E-state index contributed by atoms with van der Waals surface area (Å²) in [6, 6.07) is 5.94. The predicted octanol–water partition coefficient (Wildman–Crippen LogP) is 3.11. The molecule has 100 valence electrons. The molecule has 0 saturated heterocycles. The van der Waals surface area contributed by atoms with Gasteiger partial charge in [0.2, 0.25) is 0 Å². The molecule has 0 bridgehead atoms. The zero-order valence-electron chi connectivity index (χ0n) is 10.9. The van der Waals surface area contributed by atoms with Crippen molar-refractivity contribution in [3.05, 3.63) is 35.4 Å². The SMILES string of the molecule is C=C(Cl)COc1ccc(CC(C)N)cc1OCC. The Bertz CT molecular complexity index is 405. The third kappa shape index (κ3) is 4.98. The fourth-order valence-electron chi connectivity index (χ4n) is 1.59. The van der Waals surface area contributed by atoms with Crippen molar-refractivity contribution in [2.24, 2.45) is 5.73 Å². The van der Waals surface area contributed by atoms with Gasteiger partial charge in [0.15, 0.2) is 11.5 Å². The van der Waals surface area contributed by atoms with Gasteiger partial charge < -0.3 is 15.2 Å². The standard InChI is InChI=1S/C14H20ClNO2/c1-4-17-14-8-12(7-11(3)16)5-6-13(14)18-9-10(2)15/h5-6,8,11H,2,4,7,9,16H2,1,3H3. The van der Waals surface area contributed by atoms with Crippen molar-refractivity contribution >= 4 is 11.6 Å². The molecule has 0 spiro atoms. The van der Waals surface area contributed by atoms with Gasteiger partial charge in [-0.15, -0.1) is 0 Å². The minimum absolute atomic E-state index is 0.119. The highest BCUT2D eigenvalue weighted by atomic mass is 35.5. The minimum Gasteiger partial charge on any atom is -0.490 e. The summed E-state index contributed by atoms with van der Waals surface area (Å²) < 4.78 is 11.1. The molecule has 1 unspecified atom stereocenters. The lowest BCUT2D eigenvalue weighted by Crippen LogP contribution is -2.17. The van der Waals surface area contributed by atoms with Gasteiger partial charge in [0.05, 0.1) is 6.61 Å². The molecule has 1 aromatic carbocycles. The molecule has 0 heterocycles. The van der Waals surface area contributed by atoms with Crippen LogP contribution in [0.4, 0.5) is 0 Å². The third-order valence-electron chi connectivity index (χ3n) is 2.25. The van der Waals surface area contributed by atoms with E-state index in [9.17, 15) is 0 Å². The lowest BCUT2D eigenvalue weighted by Gasteiger charge is -2.13. The second-order valence-corrected chi connectivity index (χ2v) is 4.74. The first-order valence-electron chi connectivity index (χ1n) is 6.00. The van der Waals surface area contributed by atoms with Crippen LogP contribution in [0.15, 0.2) is 29.8 Å². The molecule has 1 rings (SSSR count). The number of hydrogen-bond acceptors (Lipinski definition) is 3. The molecule has 0 aromatic heterocycles. The van der Waals surface area contributed by atoms with E-state index in [4.69, 9.17) is 26.8 Å². The molecule has 0 saturated carbocycles. The lowest BCUT2D eigenvalue weighted by molar-refractivity contribution is 0.295. The molecule has 0 fully saturated rings. The Labute approximate surface area is 114 Å². The van der Waals surface area contributed by atoms with Crippen molar-refractivity contribution < 1.29 is 9.47 Å². The van der Waals surface area contributed by atoms with Crippen molar-refractivity contribution in [3.8, 4) is 11.5 Å². The predicted molar refractivity (Wildman–Crippen MR) is 75.5 cm³/mol. The van der Waals surface area contributed by atoms with Crippen molar-refractivity contribution in [1.82, 2.24) is 0 Å². The van der Waals surface area contributed by atoms with E-state index >= 15 is 0 Å². The van der Waals surface area contributed by atoms with Crippen molar-refractivity contribution in [1.29, 1.82) is 0 Å². The maximum atomic E-state index is 5.78. The lowest BCUT2D eigenvalue weighted by atomic mass is 10.1. The van der Waals surface area contributed by atoms with E-state index in [-0.39, 0.29) is 12.6 Å². The number of nitrogens with two attached hydrogens (primary N) is 1. The molecular weight excluding hydrogens is 250 g/mol. The molecule has 0 aliphatic heterocycles. The summed E-state index contributed by atoms with van der Waals surface area (Å²) in [5.41, 5.74) is 6.91. The first kappa shape index (κ1) is 14.9. The molecule has 1 atom stereocenters. The molecule has 2 N–H and O–H groups in total. The molecule has 0 radical (unpaired) electrons. The van der Waals surface area contributed by atoms with Gasteiger partial charge in [-0.05, 0) is 38.0 Å². The van der Waals surface area contributed by atoms with Crippen LogP contribution in [-0.2, 0) is 6.42 Å². The monoisotopic (exact) mass is 269 g/mol. The summed E-state index contributed by atoms with van der Waals surface area (Å²) in [7, 11) is 0. The van der Waals surface area contributed by atoms with Gasteiger partial charge in [0.25, 0.3) is 0 Å². The van der Waals surface area contributed by atoms with Crippen LogP contribution >= 0.6 is 11.6 Å². The van der Waals surface area contributed by atoms with Gasteiger partial charge in [0, 0.05) is 11.1 Å². The second-order valence-electron chi connectivity index (χ2n) is 4.20. The van der Waals surface area contributed by atoms with Gasteiger partial charge in [-0.2, -0.15) is 0 Å². The van der Waals surface area contributed by atoms with Gasteiger partial charge in [-0.1, -0.05) is 24.2 Å². The molecule has 18 heavy (non-hydrogen) atoms. The van der Waals surface area contributed by atoms with Crippen LogP contribution < -0.4 is 15.2 Å². The first-order valence-corrected chi connectivity index (χ1v) is 6.38. The van der Waals surface area contributed by atoms with Crippen LogP contribution in [0.25, 0.3) is 0 Å². The van der Waals surface area contributed by atoms with Crippen LogP contribution in [-0.4, -0.2) is 19.3 Å². The van der Waals surface area contributed by atoms with Crippen LogP contribution in [0.1, 0.15) is 19.4 Å². The average molecular weight is 270 g/mol. The number of benzene rings is 1. The van der Waals surface area contributed by atoms with Crippen LogP contribution in [0.2, 0.25) is 0 Å². The van der Waals surface area contributed by atoms with Crippen LogP contribution in [0.3, 0.4) is 0 Å². The summed E-state index contributed by atoms with van der Waals surface area (Å²) in [5, 5.41) is 0.456. The highest BCUT2D eigenvalue weighted by molar-refractivity contribution is 6.29. The minimum atomic E-state index is 0.119. The third-order valence-corrected chi connectivity index (χ3v) is 2.36. The normalized spacial score (nSPS) is 12.0. The van der Waals surface area contributed by atoms with Crippen LogP contribution in [0.5, 0.6) is 11.5 Å². The molecule has 4 heteroatoms. The summed E-state index contributed by atoms with van der Waals surface area (Å²) >= 11 is 5.68. The molecular formula is C14H20ClNO2. The fraction of sp³-hybridized carbons (Fsp3) is 0.429. The smallest absolute Gasteiger partial charge is 0.161 e. The molecule has 3 nitrogen and oxygen atoms in total. The van der Waals surface area contributed by atoms with Crippen molar-refractivity contribution in [3.63, 3.8) is 0 Å². The van der Waals surface area contributed by atoms with E-state index in [1.807, 2.05) is 32.0 Å². The Morgan fingerprint density at radius 1 is 1.39 bits per heavy atom.